The number of rotatable bonds is 28. The molecule has 0 saturated heterocycles. The van der Waals surface area contributed by atoms with E-state index >= 15 is 0 Å². The third-order valence-electron chi connectivity index (χ3n) is 6.45. The van der Waals surface area contributed by atoms with E-state index in [-0.39, 0.29) is 25.2 Å². The number of hydrogen-bond acceptors (Lipinski definition) is 7. The van der Waals surface area contributed by atoms with Crippen molar-refractivity contribution in [3.63, 3.8) is 0 Å². The number of allylic oxidation sites excluding steroid dienone is 4. The molecule has 0 aliphatic rings. The van der Waals surface area contributed by atoms with Crippen LogP contribution in [0.3, 0.4) is 0 Å². The quantitative estimate of drug-likeness (QED) is 0.0304. The molecule has 0 heterocycles. The van der Waals surface area contributed by atoms with Crippen LogP contribution in [-0.4, -0.2) is 46.8 Å². The molecule has 0 aromatic rings. The molecule has 0 aliphatic heterocycles. The Labute approximate surface area is 247 Å². The monoisotopic (exact) mass is 602 g/mol. The number of phosphoric ester groups is 1. The minimum absolute atomic E-state index is 0.118. The summed E-state index contributed by atoms with van der Waals surface area (Å²) < 4.78 is 26.0. The molecule has 1 atom stereocenters. The summed E-state index contributed by atoms with van der Waals surface area (Å²) in [5.41, 5.74) is 0. The molecular weight excluding hydrogens is 547 g/mol. The van der Waals surface area contributed by atoms with Gasteiger partial charge in [-0.15, -0.1) is 0 Å². The Morgan fingerprint density at radius 3 is 1.83 bits per heavy atom. The standard InChI is InChI=1S/C31H55O9P/c1-3-5-7-9-11-14-18-22-28(32)23-19-15-13-17-20-24-30(33)38-26-29(27-39-41(35,36)37)40-31(34)25-21-16-12-10-8-6-4-2/h11,14,18,22,29H,3-10,12-13,15-17,19-21,23-27H2,1-2H3,(H2,35,36,37)/b14-11-,22-18+/t29-/m1/s1. The first kappa shape index (κ1) is 39.2. The van der Waals surface area contributed by atoms with E-state index in [9.17, 15) is 18.9 Å². The Morgan fingerprint density at radius 2 is 1.22 bits per heavy atom. The highest BCUT2D eigenvalue weighted by Gasteiger charge is 2.22. The summed E-state index contributed by atoms with van der Waals surface area (Å²) in [4.78, 5) is 54.1. The number of unbranched alkanes of at least 4 members (excludes halogenated alkanes) is 13. The van der Waals surface area contributed by atoms with E-state index in [2.05, 4.69) is 24.4 Å². The number of carbonyl (C=O) groups is 3. The third-order valence-corrected chi connectivity index (χ3v) is 6.93. The van der Waals surface area contributed by atoms with E-state index in [0.717, 1.165) is 51.4 Å². The van der Waals surface area contributed by atoms with E-state index in [1.54, 1.807) is 12.2 Å². The molecule has 0 rings (SSSR count). The number of ether oxygens (including phenoxy) is 2. The van der Waals surface area contributed by atoms with Gasteiger partial charge in [-0.25, -0.2) is 4.57 Å². The van der Waals surface area contributed by atoms with Crippen molar-refractivity contribution in [2.75, 3.05) is 13.2 Å². The SMILES string of the molecule is CCCCC/C=C\C=C\C(=O)CCCCCCCC(=O)OC[C@H](COP(=O)(O)O)OC(=O)CCCCCCCCC. The van der Waals surface area contributed by atoms with Crippen LogP contribution in [0.4, 0.5) is 0 Å². The third kappa shape index (κ3) is 29.5. The lowest BCUT2D eigenvalue weighted by Gasteiger charge is -2.18. The number of carbonyl (C=O) groups excluding carboxylic acids is 3. The van der Waals surface area contributed by atoms with Crippen LogP contribution in [0, 0.1) is 0 Å². The zero-order valence-electron chi connectivity index (χ0n) is 25.4. The highest BCUT2D eigenvalue weighted by Crippen LogP contribution is 2.35. The van der Waals surface area contributed by atoms with Crippen LogP contribution in [0.5, 0.6) is 0 Å². The fourth-order valence-electron chi connectivity index (χ4n) is 4.06. The number of hydrogen-bond donors (Lipinski definition) is 2. The fourth-order valence-corrected chi connectivity index (χ4v) is 4.42. The maximum Gasteiger partial charge on any atom is 0.469 e. The summed E-state index contributed by atoms with van der Waals surface area (Å²) in [5, 5.41) is 0. The van der Waals surface area contributed by atoms with Gasteiger partial charge in [0.2, 0.25) is 0 Å². The Morgan fingerprint density at radius 1 is 0.683 bits per heavy atom. The van der Waals surface area contributed by atoms with Gasteiger partial charge < -0.3 is 19.3 Å². The molecule has 10 heteroatoms. The van der Waals surface area contributed by atoms with Crippen molar-refractivity contribution < 1.29 is 42.7 Å². The molecular formula is C31H55O9P. The number of esters is 2. The largest absolute Gasteiger partial charge is 0.469 e. The minimum atomic E-state index is -4.76. The van der Waals surface area contributed by atoms with Crippen molar-refractivity contribution in [2.24, 2.45) is 0 Å². The predicted octanol–water partition coefficient (Wildman–Crippen LogP) is 7.68. The number of ketones is 1. The highest BCUT2D eigenvalue weighted by molar-refractivity contribution is 7.46. The van der Waals surface area contributed by atoms with E-state index in [4.69, 9.17) is 19.3 Å². The van der Waals surface area contributed by atoms with Gasteiger partial charge in [-0.05, 0) is 38.2 Å². The summed E-state index contributed by atoms with van der Waals surface area (Å²) in [6.45, 7) is 3.43. The summed E-state index contributed by atoms with van der Waals surface area (Å²) in [5.74, 6) is -0.869. The van der Waals surface area contributed by atoms with E-state index in [1.807, 2.05) is 6.08 Å². The Bertz CT molecular complexity index is 788. The van der Waals surface area contributed by atoms with Gasteiger partial charge in [0, 0.05) is 19.3 Å². The summed E-state index contributed by atoms with van der Waals surface area (Å²) in [7, 11) is -4.76. The zero-order chi connectivity index (χ0) is 30.6. The van der Waals surface area contributed by atoms with Crippen LogP contribution < -0.4 is 0 Å². The molecule has 0 saturated carbocycles. The van der Waals surface area contributed by atoms with Gasteiger partial charge in [-0.3, -0.25) is 18.9 Å². The van der Waals surface area contributed by atoms with Crippen LogP contribution in [0.1, 0.15) is 136 Å². The Balaban J connectivity index is 4.10. The predicted molar refractivity (Wildman–Crippen MR) is 161 cm³/mol. The fraction of sp³-hybridized carbons (Fsp3) is 0.774. The highest BCUT2D eigenvalue weighted by atomic mass is 31.2. The van der Waals surface area contributed by atoms with Crippen molar-refractivity contribution in [1.82, 2.24) is 0 Å². The van der Waals surface area contributed by atoms with Gasteiger partial charge in [-0.2, -0.15) is 0 Å². The summed E-state index contributed by atoms with van der Waals surface area (Å²) in [6.07, 6.45) is 23.2. The Hall–Kier alpha value is -1.80. The van der Waals surface area contributed by atoms with Crippen LogP contribution in [0.2, 0.25) is 0 Å². The molecule has 0 radical (unpaired) electrons. The molecule has 9 nitrogen and oxygen atoms in total. The molecule has 0 fully saturated rings. The molecule has 0 aromatic heterocycles. The lowest BCUT2D eigenvalue weighted by Crippen LogP contribution is -2.29. The lowest BCUT2D eigenvalue weighted by atomic mass is 10.1. The first-order chi connectivity index (χ1) is 19.7. The zero-order valence-corrected chi connectivity index (χ0v) is 26.3. The minimum Gasteiger partial charge on any atom is -0.462 e. The van der Waals surface area contributed by atoms with Gasteiger partial charge in [-0.1, -0.05) is 103 Å². The molecule has 0 bridgehead atoms. The van der Waals surface area contributed by atoms with Crippen molar-refractivity contribution >= 4 is 25.5 Å². The van der Waals surface area contributed by atoms with Crippen LogP contribution >= 0.6 is 7.82 Å². The second-order valence-electron chi connectivity index (χ2n) is 10.5. The van der Waals surface area contributed by atoms with Crippen molar-refractivity contribution in [3.05, 3.63) is 24.3 Å². The lowest BCUT2D eigenvalue weighted by molar-refractivity contribution is -0.161. The van der Waals surface area contributed by atoms with Crippen LogP contribution in [-0.2, 0) is 32.9 Å². The first-order valence-electron chi connectivity index (χ1n) is 15.6. The Kier molecular flexibility index (Phi) is 25.9. The smallest absolute Gasteiger partial charge is 0.462 e. The maximum absolute atomic E-state index is 12.2. The molecule has 41 heavy (non-hydrogen) atoms. The van der Waals surface area contributed by atoms with E-state index in [0.29, 0.717) is 19.3 Å². The normalized spacial score (nSPS) is 12.7. The van der Waals surface area contributed by atoms with Crippen molar-refractivity contribution in [1.29, 1.82) is 0 Å². The summed E-state index contributed by atoms with van der Waals surface area (Å²) >= 11 is 0. The molecule has 2 N–H and O–H groups in total. The van der Waals surface area contributed by atoms with Gasteiger partial charge in [0.15, 0.2) is 11.9 Å². The summed E-state index contributed by atoms with van der Waals surface area (Å²) in [6, 6.07) is 0. The van der Waals surface area contributed by atoms with Gasteiger partial charge in [0.05, 0.1) is 6.61 Å². The second kappa shape index (κ2) is 27.1. The average Bonchev–Trinajstić information content (AvgIpc) is 2.92. The molecule has 0 aliphatic carbocycles. The van der Waals surface area contributed by atoms with E-state index in [1.165, 1.54) is 38.5 Å². The second-order valence-corrected chi connectivity index (χ2v) is 11.7. The first-order valence-corrected chi connectivity index (χ1v) is 17.1. The van der Waals surface area contributed by atoms with Crippen molar-refractivity contribution in [2.45, 2.75) is 142 Å². The molecule has 238 valence electrons. The molecule has 0 spiro atoms. The van der Waals surface area contributed by atoms with Crippen LogP contribution in [0.15, 0.2) is 24.3 Å². The van der Waals surface area contributed by atoms with Crippen molar-refractivity contribution in [3.8, 4) is 0 Å². The van der Waals surface area contributed by atoms with Crippen LogP contribution in [0.25, 0.3) is 0 Å². The topological polar surface area (TPSA) is 136 Å². The molecule has 0 amide bonds. The van der Waals surface area contributed by atoms with Gasteiger partial charge in [0.25, 0.3) is 0 Å². The van der Waals surface area contributed by atoms with Gasteiger partial charge >= 0.3 is 19.8 Å². The molecule has 0 aromatic carbocycles. The van der Waals surface area contributed by atoms with Gasteiger partial charge in [0.1, 0.15) is 6.61 Å². The maximum atomic E-state index is 12.2. The molecule has 0 unspecified atom stereocenters. The number of phosphoric acid groups is 1. The van der Waals surface area contributed by atoms with E-state index < -0.39 is 32.5 Å². The average molecular weight is 603 g/mol.